The van der Waals surface area contributed by atoms with Gasteiger partial charge in [-0.25, -0.2) is 4.79 Å². The van der Waals surface area contributed by atoms with E-state index in [0.717, 1.165) is 0 Å². The number of aliphatic hydroxyl groups is 3. The van der Waals surface area contributed by atoms with Gasteiger partial charge in [-0.2, -0.15) is 4.39 Å². The van der Waals surface area contributed by atoms with E-state index >= 15 is 0 Å². The first kappa shape index (κ1) is 16.4. The van der Waals surface area contributed by atoms with Gasteiger partial charge in [0.1, 0.15) is 0 Å². The van der Waals surface area contributed by atoms with Gasteiger partial charge in [0, 0.05) is 5.41 Å². The second-order valence-electron chi connectivity index (χ2n) is 3.04. The Morgan fingerprint density at radius 1 is 1.27 bits per heavy atom. The van der Waals surface area contributed by atoms with E-state index in [0.29, 0.717) is 6.42 Å². The molecule has 5 nitrogen and oxygen atoms in total. The van der Waals surface area contributed by atoms with Gasteiger partial charge in [0.2, 0.25) is 5.83 Å². The highest BCUT2D eigenvalue weighted by Gasteiger charge is 2.24. The van der Waals surface area contributed by atoms with Crippen molar-refractivity contribution < 1.29 is 29.6 Å². The fraction of sp³-hybridized carbons (Fsp3) is 0.667. The van der Waals surface area contributed by atoms with Crippen LogP contribution in [-0.2, 0) is 4.79 Å². The Kier molecular flexibility index (Phi) is 9.14. The number of aliphatic hydroxyl groups excluding tert-OH is 3. The van der Waals surface area contributed by atoms with Crippen LogP contribution in [0.2, 0.25) is 0 Å². The molecule has 0 heterocycles. The van der Waals surface area contributed by atoms with E-state index in [9.17, 15) is 9.18 Å². The van der Waals surface area contributed by atoms with Gasteiger partial charge in [-0.3, -0.25) is 0 Å². The normalized spacial score (nSPS) is 10.2. The lowest BCUT2D eigenvalue weighted by Crippen LogP contribution is -2.32. The molecule has 0 atom stereocenters. The molecule has 0 radical (unpaired) electrons. The van der Waals surface area contributed by atoms with E-state index in [1.165, 1.54) is 0 Å². The average molecular weight is 224 g/mol. The van der Waals surface area contributed by atoms with E-state index in [2.05, 4.69) is 6.58 Å². The van der Waals surface area contributed by atoms with Crippen molar-refractivity contribution >= 4 is 5.97 Å². The van der Waals surface area contributed by atoms with Gasteiger partial charge in [-0.1, -0.05) is 13.5 Å². The number of carboxylic acid groups (broad SMARTS) is 1. The quantitative estimate of drug-likeness (QED) is 0.489. The maximum atomic E-state index is 11.0. The summed E-state index contributed by atoms with van der Waals surface area (Å²) in [4.78, 5) is 9.22. The Morgan fingerprint density at radius 3 is 1.53 bits per heavy atom. The number of halogens is 1. The van der Waals surface area contributed by atoms with Crippen LogP contribution in [0.1, 0.15) is 13.3 Å². The second-order valence-corrected chi connectivity index (χ2v) is 3.04. The standard InChI is InChI=1S/C6H14O3.C3H3FO2/c1-2-6(3-7,4-8)5-9;1-2(4)3(5)6/h7-9H,2-5H2,1H3;1H2,(H,5,6). The number of hydrogen-bond donors (Lipinski definition) is 4. The van der Waals surface area contributed by atoms with Crippen LogP contribution in [0.5, 0.6) is 0 Å². The molecule has 0 aromatic rings. The first-order valence-corrected chi connectivity index (χ1v) is 4.29. The Bertz CT molecular complexity index is 171. The summed E-state index contributed by atoms with van der Waals surface area (Å²) in [6.45, 7) is 3.84. The van der Waals surface area contributed by atoms with Crippen LogP contribution in [0.25, 0.3) is 0 Å². The maximum Gasteiger partial charge on any atom is 0.364 e. The Morgan fingerprint density at radius 2 is 1.53 bits per heavy atom. The largest absolute Gasteiger partial charge is 0.476 e. The first-order valence-electron chi connectivity index (χ1n) is 4.29. The molecule has 4 N–H and O–H groups in total. The number of carbonyl (C=O) groups is 1. The smallest absolute Gasteiger partial charge is 0.364 e. The fourth-order valence-electron chi connectivity index (χ4n) is 0.485. The third kappa shape index (κ3) is 7.01. The lowest BCUT2D eigenvalue weighted by Gasteiger charge is -2.24. The lowest BCUT2D eigenvalue weighted by molar-refractivity contribution is -0.134. The van der Waals surface area contributed by atoms with E-state index in [1.54, 1.807) is 0 Å². The summed E-state index contributed by atoms with van der Waals surface area (Å²) in [5.74, 6) is -2.93. The number of hydrogen-bond acceptors (Lipinski definition) is 4. The summed E-state index contributed by atoms with van der Waals surface area (Å²) < 4.78 is 11.0. The van der Waals surface area contributed by atoms with Gasteiger partial charge in [0.05, 0.1) is 19.8 Å². The van der Waals surface area contributed by atoms with Crippen LogP contribution in [0.15, 0.2) is 12.4 Å². The summed E-state index contributed by atoms with van der Waals surface area (Å²) in [6, 6.07) is 0. The highest BCUT2D eigenvalue weighted by molar-refractivity contribution is 5.82. The topological polar surface area (TPSA) is 98.0 Å². The van der Waals surface area contributed by atoms with Crippen LogP contribution < -0.4 is 0 Å². The molecule has 0 spiro atoms. The lowest BCUT2D eigenvalue weighted by atomic mass is 9.88. The van der Waals surface area contributed by atoms with Crippen molar-refractivity contribution in [1.29, 1.82) is 0 Å². The van der Waals surface area contributed by atoms with Gasteiger partial charge < -0.3 is 20.4 Å². The maximum absolute atomic E-state index is 11.0. The molecular formula is C9H17FO5. The highest BCUT2D eigenvalue weighted by Crippen LogP contribution is 2.18. The van der Waals surface area contributed by atoms with Gasteiger partial charge in [0.15, 0.2) is 0 Å². The summed E-state index contributed by atoms with van der Waals surface area (Å²) >= 11 is 0. The Balaban J connectivity index is 0. The average Bonchev–Trinajstić information content (AvgIpc) is 2.23. The van der Waals surface area contributed by atoms with Crippen molar-refractivity contribution in [1.82, 2.24) is 0 Å². The zero-order chi connectivity index (χ0) is 12.5. The van der Waals surface area contributed by atoms with Crippen molar-refractivity contribution in [3.8, 4) is 0 Å². The van der Waals surface area contributed by atoms with E-state index < -0.39 is 17.2 Å². The fourth-order valence-corrected chi connectivity index (χ4v) is 0.485. The molecule has 0 rings (SSSR count). The van der Waals surface area contributed by atoms with Gasteiger partial charge in [-0.15, -0.1) is 0 Å². The monoisotopic (exact) mass is 224 g/mol. The molecule has 0 aromatic heterocycles. The summed E-state index contributed by atoms with van der Waals surface area (Å²) in [5.41, 5.74) is -0.667. The van der Waals surface area contributed by atoms with E-state index in [4.69, 9.17) is 20.4 Å². The zero-order valence-electron chi connectivity index (χ0n) is 8.61. The molecule has 0 fully saturated rings. The third-order valence-electron chi connectivity index (χ3n) is 1.99. The van der Waals surface area contributed by atoms with Crippen LogP contribution in [0.4, 0.5) is 4.39 Å². The molecule has 0 aliphatic rings. The third-order valence-corrected chi connectivity index (χ3v) is 1.99. The van der Waals surface area contributed by atoms with Crippen molar-refractivity contribution in [3.05, 3.63) is 12.4 Å². The van der Waals surface area contributed by atoms with Crippen molar-refractivity contribution in [3.63, 3.8) is 0 Å². The minimum Gasteiger partial charge on any atom is -0.476 e. The zero-order valence-corrected chi connectivity index (χ0v) is 8.61. The minimum atomic E-state index is -1.60. The molecular weight excluding hydrogens is 207 g/mol. The van der Waals surface area contributed by atoms with Crippen molar-refractivity contribution in [2.24, 2.45) is 5.41 Å². The summed E-state index contributed by atoms with van der Waals surface area (Å²) in [7, 11) is 0. The predicted molar refractivity (Wildman–Crippen MR) is 51.9 cm³/mol. The molecule has 0 saturated carbocycles. The number of carboxylic acids is 1. The van der Waals surface area contributed by atoms with E-state index in [-0.39, 0.29) is 19.8 Å². The number of rotatable bonds is 5. The highest BCUT2D eigenvalue weighted by atomic mass is 19.1. The Labute approximate surface area is 87.5 Å². The Hall–Kier alpha value is -0.980. The van der Waals surface area contributed by atoms with Gasteiger partial charge in [-0.05, 0) is 6.42 Å². The molecule has 0 aromatic carbocycles. The van der Waals surface area contributed by atoms with E-state index in [1.807, 2.05) is 6.92 Å². The molecule has 6 heteroatoms. The van der Waals surface area contributed by atoms with Crippen molar-refractivity contribution in [2.45, 2.75) is 13.3 Å². The molecule has 0 saturated heterocycles. The van der Waals surface area contributed by atoms with Gasteiger partial charge in [0.25, 0.3) is 0 Å². The molecule has 0 unspecified atom stereocenters. The SMILES string of the molecule is C=C(F)C(=O)O.CCC(CO)(CO)CO. The summed E-state index contributed by atoms with van der Waals surface area (Å²) in [5, 5.41) is 33.5. The second kappa shape index (κ2) is 8.34. The van der Waals surface area contributed by atoms with Crippen LogP contribution in [0.3, 0.4) is 0 Å². The van der Waals surface area contributed by atoms with Crippen LogP contribution >= 0.6 is 0 Å². The minimum absolute atomic E-state index is 0.156. The molecule has 15 heavy (non-hydrogen) atoms. The van der Waals surface area contributed by atoms with Crippen molar-refractivity contribution in [2.75, 3.05) is 19.8 Å². The summed E-state index contributed by atoms with van der Waals surface area (Å²) in [6.07, 6.45) is 0.594. The molecule has 0 aliphatic carbocycles. The molecule has 90 valence electrons. The van der Waals surface area contributed by atoms with Crippen LogP contribution in [0, 0.1) is 5.41 Å². The number of aliphatic carboxylic acids is 1. The predicted octanol–water partition coefficient (Wildman–Crippen LogP) is -0.0861. The van der Waals surface area contributed by atoms with Crippen LogP contribution in [-0.4, -0.2) is 46.2 Å². The van der Waals surface area contributed by atoms with Gasteiger partial charge >= 0.3 is 5.97 Å². The molecule has 0 amide bonds. The molecule has 0 bridgehead atoms. The first-order chi connectivity index (χ1) is 6.89. The molecule has 0 aliphatic heterocycles.